The van der Waals surface area contributed by atoms with Crippen molar-refractivity contribution in [3.8, 4) is 5.75 Å². The smallest absolute Gasteiger partial charge is 0.264 e. The van der Waals surface area contributed by atoms with Gasteiger partial charge in [0.05, 0.1) is 22.7 Å². The van der Waals surface area contributed by atoms with E-state index >= 15 is 0 Å². The number of hydrogen-bond donors (Lipinski definition) is 1. The van der Waals surface area contributed by atoms with Crippen LogP contribution in [-0.2, 0) is 26.2 Å². The van der Waals surface area contributed by atoms with Crippen molar-refractivity contribution >= 4 is 39.1 Å². The first-order valence-electron chi connectivity index (χ1n) is 13.8. The molecule has 0 bridgehead atoms. The van der Waals surface area contributed by atoms with Crippen LogP contribution in [0.1, 0.15) is 43.7 Å². The molecule has 42 heavy (non-hydrogen) atoms. The van der Waals surface area contributed by atoms with Crippen LogP contribution in [0.5, 0.6) is 5.75 Å². The van der Waals surface area contributed by atoms with Gasteiger partial charge in [0.15, 0.2) is 0 Å². The summed E-state index contributed by atoms with van der Waals surface area (Å²) in [6, 6.07) is 15.4. The molecule has 0 spiro atoms. The second-order valence-corrected chi connectivity index (χ2v) is 12.7. The van der Waals surface area contributed by atoms with Gasteiger partial charge in [-0.2, -0.15) is 0 Å². The average Bonchev–Trinajstić information content (AvgIpc) is 3.48. The molecule has 2 amide bonds. The molecule has 1 aliphatic rings. The number of nitrogens with zero attached hydrogens (tertiary/aromatic N) is 2. The molecule has 1 fully saturated rings. The zero-order valence-corrected chi connectivity index (χ0v) is 25.4. The Labute approximate surface area is 251 Å². The fourth-order valence-electron chi connectivity index (χ4n) is 4.94. The van der Waals surface area contributed by atoms with E-state index in [9.17, 15) is 22.4 Å². The number of aryl methyl sites for hydroxylation is 1. The van der Waals surface area contributed by atoms with Gasteiger partial charge < -0.3 is 15.0 Å². The zero-order valence-electron chi connectivity index (χ0n) is 23.8. The van der Waals surface area contributed by atoms with Crippen molar-refractivity contribution < 1.29 is 27.1 Å². The molecule has 4 rings (SSSR count). The molecule has 3 aromatic rings. The number of halogens is 2. The number of carbonyl (C=O) groups is 2. The fourth-order valence-corrected chi connectivity index (χ4v) is 6.60. The highest BCUT2D eigenvalue weighted by Crippen LogP contribution is 2.32. The van der Waals surface area contributed by atoms with E-state index in [1.807, 2.05) is 6.92 Å². The number of methoxy groups -OCH3 is 1. The standard InChI is InChI=1S/C31H35ClFN3O5S/c1-21-8-15-27(16-9-21)42(39,40)36(26-14-17-29(41-3)28(32)18-26)20-30(37)35(19-23-10-12-24(33)13-11-23)22(2)31(38)34-25-6-4-5-7-25/h8-18,22,25H,4-7,19-20H2,1-3H3,(H,34,38)/t22-/m0/s1. The second kappa shape index (κ2) is 13.6. The number of benzene rings is 3. The minimum atomic E-state index is -4.24. The maximum absolute atomic E-state index is 14.0. The van der Waals surface area contributed by atoms with Crippen LogP contribution in [0.2, 0.25) is 5.02 Å². The van der Waals surface area contributed by atoms with E-state index in [0.29, 0.717) is 11.3 Å². The molecule has 0 radical (unpaired) electrons. The molecule has 1 atom stereocenters. The highest BCUT2D eigenvalue weighted by molar-refractivity contribution is 7.92. The Morgan fingerprint density at radius 2 is 1.69 bits per heavy atom. The Bertz CT molecular complexity index is 1510. The predicted molar refractivity (Wildman–Crippen MR) is 161 cm³/mol. The molecule has 0 saturated heterocycles. The molecule has 1 aliphatic carbocycles. The lowest BCUT2D eigenvalue weighted by atomic mass is 10.1. The van der Waals surface area contributed by atoms with Gasteiger partial charge in [0.2, 0.25) is 11.8 Å². The summed E-state index contributed by atoms with van der Waals surface area (Å²) in [5.74, 6) is -1.04. The van der Waals surface area contributed by atoms with E-state index in [0.717, 1.165) is 35.6 Å². The van der Waals surface area contributed by atoms with Gasteiger partial charge in [-0.15, -0.1) is 0 Å². The van der Waals surface area contributed by atoms with E-state index in [1.165, 1.54) is 66.6 Å². The summed E-state index contributed by atoms with van der Waals surface area (Å²) in [6.07, 6.45) is 3.78. The average molecular weight is 616 g/mol. The highest BCUT2D eigenvalue weighted by Gasteiger charge is 2.33. The first-order chi connectivity index (χ1) is 20.0. The van der Waals surface area contributed by atoms with Crippen LogP contribution < -0.4 is 14.4 Å². The Morgan fingerprint density at radius 1 is 1.05 bits per heavy atom. The van der Waals surface area contributed by atoms with Crippen LogP contribution >= 0.6 is 11.6 Å². The summed E-state index contributed by atoms with van der Waals surface area (Å²) in [4.78, 5) is 28.6. The van der Waals surface area contributed by atoms with Crippen LogP contribution in [0.4, 0.5) is 10.1 Å². The lowest BCUT2D eigenvalue weighted by molar-refractivity contribution is -0.139. The molecule has 1 saturated carbocycles. The molecule has 3 aromatic carbocycles. The van der Waals surface area contributed by atoms with Gasteiger partial charge in [-0.3, -0.25) is 13.9 Å². The zero-order chi connectivity index (χ0) is 30.4. The highest BCUT2D eigenvalue weighted by atomic mass is 35.5. The molecule has 0 heterocycles. The van der Waals surface area contributed by atoms with Crippen LogP contribution in [0.25, 0.3) is 0 Å². The lowest BCUT2D eigenvalue weighted by Crippen LogP contribution is -2.52. The van der Waals surface area contributed by atoms with E-state index in [4.69, 9.17) is 16.3 Å². The van der Waals surface area contributed by atoms with Crippen molar-refractivity contribution in [3.05, 3.63) is 88.7 Å². The number of rotatable bonds is 11. The molecule has 0 aliphatic heterocycles. The normalized spacial score (nSPS) is 14.3. The van der Waals surface area contributed by atoms with E-state index in [-0.39, 0.29) is 34.1 Å². The molecule has 1 N–H and O–H groups in total. The van der Waals surface area contributed by atoms with Crippen LogP contribution in [-0.4, -0.2) is 50.9 Å². The monoisotopic (exact) mass is 615 g/mol. The molecular formula is C31H35ClFN3O5S. The number of carbonyl (C=O) groups excluding carboxylic acids is 2. The van der Waals surface area contributed by atoms with E-state index < -0.39 is 34.3 Å². The van der Waals surface area contributed by atoms with E-state index in [1.54, 1.807) is 19.1 Å². The first kappa shape index (κ1) is 31.3. The number of amides is 2. The Morgan fingerprint density at radius 3 is 2.29 bits per heavy atom. The molecule has 11 heteroatoms. The summed E-state index contributed by atoms with van der Waals surface area (Å²) in [6.45, 7) is 2.81. The summed E-state index contributed by atoms with van der Waals surface area (Å²) >= 11 is 6.36. The third-order valence-electron chi connectivity index (χ3n) is 7.45. The molecule has 0 unspecified atom stereocenters. The lowest BCUT2D eigenvalue weighted by Gasteiger charge is -2.32. The van der Waals surface area contributed by atoms with Crippen molar-refractivity contribution in [2.45, 2.75) is 63.1 Å². The number of ether oxygens (including phenoxy) is 1. The summed E-state index contributed by atoms with van der Waals surface area (Å²) in [5.41, 5.74) is 1.61. The van der Waals surface area contributed by atoms with Gasteiger partial charge in [-0.05, 0) is 74.7 Å². The number of hydrogen-bond acceptors (Lipinski definition) is 5. The van der Waals surface area contributed by atoms with Crippen LogP contribution in [0.15, 0.2) is 71.6 Å². The van der Waals surface area contributed by atoms with Gasteiger partial charge in [0.1, 0.15) is 24.2 Å². The van der Waals surface area contributed by atoms with Crippen molar-refractivity contribution in [2.24, 2.45) is 0 Å². The summed E-state index contributed by atoms with van der Waals surface area (Å²) in [5, 5.41) is 3.19. The van der Waals surface area contributed by atoms with Crippen molar-refractivity contribution in [2.75, 3.05) is 18.0 Å². The Hall–Kier alpha value is -3.63. The Balaban J connectivity index is 1.71. The van der Waals surface area contributed by atoms with Gasteiger partial charge in [-0.25, -0.2) is 12.8 Å². The largest absolute Gasteiger partial charge is 0.495 e. The molecular weight excluding hydrogens is 581 g/mol. The fraction of sp³-hybridized carbons (Fsp3) is 0.355. The SMILES string of the molecule is COc1ccc(N(CC(=O)N(Cc2ccc(F)cc2)[C@@H](C)C(=O)NC2CCCC2)S(=O)(=O)c2ccc(C)cc2)cc1Cl. The minimum absolute atomic E-state index is 0.00931. The van der Waals surface area contributed by atoms with Gasteiger partial charge in [-0.1, -0.05) is 54.3 Å². The predicted octanol–water partition coefficient (Wildman–Crippen LogP) is 5.47. The maximum atomic E-state index is 14.0. The van der Waals surface area contributed by atoms with Gasteiger partial charge in [0.25, 0.3) is 10.0 Å². The molecule has 0 aromatic heterocycles. The van der Waals surface area contributed by atoms with Crippen LogP contribution in [0.3, 0.4) is 0 Å². The summed E-state index contributed by atoms with van der Waals surface area (Å²) in [7, 11) is -2.80. The number of sulfonamides is 1. The topological polar surface area (TPSA) is 96.0 Å². The number of nitrogens with one attached hydrogen (secondary N) is 1. The third-order valence-corrected chi connectivity index (χ3v) is 9.53. The minimum Gasteiger partial charge on any atom is -0.495 e. The van der Waals surface area contributed by atoms with Crippen LogP contribution in [0, 0.1) is 12.7 Å². The third kappa shape index (κ3) is 7.41. The van der Waals surface area contributed by atoms with Crippen molar-refractivity contribution in [1.29, 1.82) is 0 Å². The molecule has 8 nitrogen and oxygen atoms in total. The van der Waals surface area contributed by atoms with Crippen molar-refractivity contribution in [3.63, 3.8) is 0 Å². The second-order valence-electron chi connectivity index (χ2n) is 10.5. The first-order valence-corrected chi connectivity index (χ1v) is 15.6. The quantitative estimate of drug-likeness (QED) is 0.309. The van der Waals surface area contributed by atoms with Gasteiger partial charge in [0, 0.05) is 12.6 Å². The number of anilines is 1. The van der Waals surface area contributed by atoms with Crippen molar-refractivity contribution in [1.82, 2.24) is 10.2 Å². The summed E-state index contributed by atoms with van der Waals surface area (Å²) < 4.78 is 47.7. The maximum Gasteiger partial charge on any atom is 0.264 e. The Kier molecular flexibility index (Phi) is 10.1. The van der Waals surface area contributed by atoms with E-state index in [2.05, 4.69) is 5.32 Å². The molecule has 224 valence electrons. The van der Waals surface area contributed by atoms with Gasteiger partial charge >= 0.3 is 0 Å².